The Kier molecular flexibility index (Phi) is 11.3. The van der Waals surface area contributed by atoms with Crippen molar-refractivity contribution in [3.05, 3.63) is 105 Å². The van der Waals surface area contributed by atoms with E-state index in [4.69, 9.17) is 32.5 Å². The summed E-state index contributed by atoms with van der Waals surface area (Å²) in [7, 11) is 0. The number of carboxylic acid groups (broad SMARTS) is 1. The lowest BCUT2D eigenvalue weighted by molar-refractivity contribution is -0.271. The van der Waals surface area contributed by atoms with Crippen LogP contribution in [0.3, 0.4) is 0 Å². The Bertz CT molecular complexity index is 2840. The summed E-state index contributed by atoms with van der Waals surface area (Å²) in [6.07, 6.45) is -19.5. The minimum absolute atomic E-state index is 0.00669. The molecule has 10 N–H and O–H groups in total. The molecule has 328 valence electrons. The molecule has 2 aliphatic rings. The summed E-state index contributed by atoms with van der Waals surface area (Å²) >= 11 is 0. The van der Waals surface area contributed by atoms with Crippen LogP contribution in [-0.4, -0.2) is 124 Å². The first kappa shape index (κ1) is 42.6. The van der Waals surface area contributed by atoms with Crippen molar-refractivity contribution >= 4 is 33.9 Å². The molecular weight excluding hydrogens is 840 g/mol. The molecule has 2 fully saturated rings. The number of aromatic hydroxyl groups is 3. The number of hydrogen-bond donors (Lipinski definition) is 10. The summed E-state index contributed by atoms with van der Waals surface area (Å²) in [5.74, 6) is -5.08. The third kappa shape index (κ3) is 8.20. The van der Waals surface area contributed by atoms with Crippen molar-refractivity contribution in [2.75, 3.05) is 0 Å². The first-order valence-corrected chi connectivity index (χ1v) is 18.7. The lowest BCUT2D eigenvalue weighted by Gasteiger charge is -2.39. The summed E-state index contributed by atoms with van der Waals surface area (Å²) < 4.78 is 38.9. The van der Waals surface area contributed by atoms with E-state index in [1.807, 2.05) is 0 Å². The highest BCUT2D eigenvalue weighted by atomic mass is 16.7. The second-order valence-corrected chi connectivity index (χ2v) is 14.4. The fraction of sp³-hybridized carbons (Fsp3) is 0.238. The number of carboxylic acids is 1. The van der Waals surface area contributed by atoms with Gasteiger partial charge in [0.05, 0.1) is 0 Å². The number of rotatable bonds is 9. The van der Waals surface area contributed by atoms with E-state index in [2.05, 4.69) is 0 Å². The second kappa shape index (κ2) is 16.7. The molecule has 6 aromatic rings. The highest BCUT2D eigenvalue weighted by molar-refractivity contribution is 5.90. The fourth-order valence-corrected chi connectivity index (χ4v) is 6.96. The van der Waals surface area contributed by atoms with Crippen LogP contribution in [0, 0.1) is 0 Å². The Morgan fingerprint density at radius 3 is 1.62 bits per heavy atom. The first-order valence-electron chi connectivity index (χ1n) is 18.7. The maximum atomic E-state index is 13.6. The van der Waals surface area contributed by atoms with Gasteiger partial charge in [-0.15, -0.1) is 0 Å². The Morgan fingerprint density at radius 1 is 0.524 bits per heavy atom. The molecule has 0 spiro atoms. The fourth-order valence-electron chi connectivity index (χ4n) is 6.96. The molecule has 0 saturated carbocycles. The predicted octanol–water partition coefficient (Wildman–Crippen LogP) is 0.413. The van der Waals surface area contributed by atoms with Gasteiger partial charge in [-0.25, -0.2) is 9.59 Å². The van der Waals surface area contributed by atoms with Gasteiger partial charge in [-0.05, 0) is 48.5 Å². The van der Waals surface area contributed by atoms with Crippen molar-refractivity contribution in [2.45, 2.75) is 61.4 Å². The average Bonchev–Trinajstić information content (AvgIpc) is 3.23. The van der Waals surface area contributed by atoms with Gasteiger partial charge in [0, 0.05) is 47.5 Å². The molecule has 0 radical (unpaired) electrons. The molecule has 2 aliphatic heterocycles. The summed E-state index contributed by atoms with van der Waals surface area (Å²) in [6, 6.07) is 17.3. The molecule has 4 heterocycles. The molecule has 2 saturated heterocycles. The number of hydrogen-bond acceptors (Lipinski definition) is 20. The van der Waals surface area contributed by atoms with E-state index in [0.29, 0.717) is 5.56 Å². The van der Waals surface area contributed by atoms with Crippen molar-refractivity contribution in [3.63, 3.8) is 0 Å². The third-order valence-corrected chi connectivity index (χ3v) is 10.2. The van der Waals surface area contributed by atoms with Crippen LogP contribution < -0.4 is 25.1 Å². The number of benzene rings is 4. The summed E-state index contributed by atoms with van der Waals surface area (Å²) in [5, 5.41) is 102. The normalized spacial score (nSPS) is 26.0. The minimum atomic E-state index is -2.13. The van der Waals surface area contributed by atoms with E-state index in [1.54, 1.807) is 0 Å². The Balaban J connectivity index is 1.01. The summed E-state index contributed by atoms with van der Waals surface area (Å²) in [5.41, 5.74) is -1.25. The number of ether oxygens (including phenoxy) is 5. The number of carbonyl (C=O) groups is 2. The standard InChI is InChI=1S/C42H34O21/c43-17-5-1-15(2-6-17)24-13-22(46)29-21(45)11-20(12-28(29)60-24)58-42-36(53)32(49)34(51)38(63-42)40(56)61-27-10-18(44)9-26-30(27)23(47)14-25(59-26)16-3-7-19(8-4-16)57-41-35(52)31(48)33(50)37(62-41)39(54)55/h1-14,31-38,41-45,48-53H,(H,54,55)/t31-,32-,33-,34-,35+,36+,37-,38-,41?,42+/m0/s1. The van der Waals surface area contributed by atoms with Crippen LogP contribution in [0.5, 0.6) is 34.5 Å². The maximum Gasteiger partial charge on any atom is 0.343 e. The number of carbonyl (C=O) groups excluding carboxylic acids is 1. The highest BCUT2D eigenvalue weighted by Gasteiger charge is 2.50. The quantitative estimate of drug-likeness (QED) is 0.0695. The summed E-state index contributed by atoms with van der Waals surface area (Å²) in [6.45, 7) is 0. The molecule has 21 heteroatoms. The van der Waals surface area contributed by atoms with Gasteiger partial charge in [-0.2, -0.15) is 0 Å². The van der Waals surface area contributed by atoms with Crippen molar-refractivity contribution < 1.29 is 93.2 Å². The van der Waals surface area contributed by atoms with Gasteiger partial charge in [-0.3, -0.25) is 9.59 Å². The number of phenols is 3. The molecule has 10 atom stereocenters. The number of aliphatic carboxylic acids is 1. The summed E-state index contributed by atoms with van der Waals surface area (Å²) in [4.78, 5) is 51.4. The van der Waals surface area contributed by atoms with Crippen LogP contribution in [0.25, 0.3) is 44.6 Å². The number of aliphatic hydroxyl groups is 6. The molecule has 8 rings (SSSR count). The lowest BCUT2D eigenvalue weighted by atomic mass is 9.99. The van der Waals surface area contributed by atoms with Crippen molar-refractivity contribution in [2.24, 2.45) is 0 Å². The van der Waals surface area contributed by atoms with Crippen LogP contribution in [0.15, 0.2) is 103 Å². The molecular formula is C42H34O21. The van der Waals surface area contributed by atoms with Crippen LogP contribution in [0.4, 0.5) is 0 Å². The molecule has 2 aromatic heterocycles. The molecule has 63 heavy (non-hydrogen) atoms. The SMILES string of the molecule is O=C(Oc1cc(O)cc2oc(-c3ccc(OC4O[C@H](C(=O)O)[C@@H](O)[C@H](O)[C@H]4O)cc3)cc(=O)c12)[C@H]1O[C@@H](Oc2cc(O)c3c(=O)cc(-c4ccc(O)cc4)oc3c2)[C@H](O)[C@@H](O)[C@@H]1O. The van der Waals surface area contributed by atoms with E-state index < -0.39 is 101 Å². The zero-order valence-corrected chi connectivity index (χ0v) is 31.8. The van der Waals surface area contributed by atoms with E-state index in [1.165, 1.54) is 48.5 Å². The average molecular weight is 875 g/mol. The number of esters is 1. The van der Waals surface area contributed by atoms with E-state index in [9.17, 15) is 70.2 Å². The number of aliphatic hydroxyl groups excluding tert-OH is 6. The molecule has 0 amide bonds. The van der Waals surface area contributed by atoms with Crippen molar-refractivity contribution in [1.29, 1.82) is 0 Å². The van der Waals surface area contributed by atoms with Crippen LogP contribution >= 0.6 is 0 Å². The van der Waals surface area contributed by atoms with E-state index >= 15 is 0 Å². The van der Waals surface area contributed by atoms with Gasteiger partial charge in [0.1, 0.15) is 105 Å². The highest BCUT2D eigenvalue weighted by Crippen LogP contribution is 2.36. The lowest BCUT2D eigenvalue weighted by Crippen LogP contribution is -2.61. The predicted molar refractivity (Wildman–Crippen MR) is 209 cm³/mol. The van der Waals surface area contributed by atoms with Crippen molar-refractivity contribution in [3.8, 4) is 57.1 Å². The zero-order chi connectivity index (χ0) is 45.0. The number of fused-ring (bicyclic) bond motifs is 2. The smallest absolute Gasteiger partial charge is 0.343 e. The van der Waals surface area contributed by atoms with Gasteiger partial charge in [-0.1, -0.05) is 0 Å². The molecule has 21 nitrogen and oxygen atoms in total. The van der Waals surface area contributed by atoms with Gasteiger partial charge in [0.25, 0.3) is 0 Å². The van der Waals surface area contributed by atoms with Crippen LogP contribution in [-0.2, 0) is 19.1 Å². The van der Waals surface area contributed by atoms with Gasteiger partial charge < -0.3 is 83.6 Å². The van der Waals surface area contributed by atoms with E-state index in [-0.39, 0.29) is 56.3 Å². The van der Waals surface area contributed by atoms with Gasteiger partial charge >= 0.3 is 11.9 Å². The molecule has 1 unspecified atom stereocenters. The first-order chi connectivity index (χ1) is 30.0. The third-order valence-electron chi connectivity index (χ3n) is 10.2. The Morgan fingerprint density at radius 2 is 1.03 bits per heavy atom. The second-order valence-electron chi connectivity index (χ2n) is 14.4. The monoisotopic (exact) mass is 874 g/mol. The molecule has 0 aliphatic carbocycles. The Labute approximate surface area is 350 Å². The number of phenolic OH excluding ortho intramolecular Hbond substituents is 3. The van der Waals surface area contributed by atoms with Gasteiger partial charge in [0.2, 0.25) is 12.6 Å². The van der Waals surface area contributed by atoms with Gasteiger partial charge in [0.15, 0.2) is 23.1 Å². The largest absolute Gasteiger partial charge is 0.508 e. The molecule has 0 bridgehead atoms. The maximum absolute atomic E-state index is 13.6. The molecule has 4 aromatic carbocycles. The topological polar surface area (TPSA) is 343 Å². The van der Waals surface area contributed by atoms with Crippen molar-refractivity contribution in [1.82, 2.24) is 0 Å². The zero-order valence-electron chi connectivity index (χ0n) is 31.8. The van der Waals surface area contributed by atoms with Crippen LogP contribution in [0.2, 0.25) is 0 Å². The minimum Gasteiger partial charge on any atom is -0.508 e. The Hall–Kier alpha value is -7.08. The van der Waals surface area contributed by atoms with E-state index in [0.717, 1.165) is 36.4 Å². The van der Waals surface area contributed by atoms with Crippen LogP contribution in [0.1, 0.15) is 0 Å².